The topological polar surface area (TPSA) is 91.2 Å². The van der Waals surface area contributed by atoms with Crippen LogP contribution < -0.4 is 10.5 Å². The highest BCUT2D eigenvalue weighted by molar-refractivity contribution is 5.79. The predicted molar refractivity (Wildman–Crippen MR) is 82.4 cm³/mol. The Balaban J connectivity index is 1.61. The Kier molecular flexibility index (Phi) is 4.05. The maximum Gasteiger partial charge on any atom is 0.263 e. The van der Waals surface area contributed by atoms with E-state index in [9.17, 15) is 0 Å². The molecule has 3 rings (SSSR count). The Labute approximate surface area is 127 Å². The lowest BCUT2D eigenvalue weighted by Crippen LogP contribution is -1.99. The van der Waals surface area contributed by atoms with Crippen LogP contribution in [0.5, 0.6) is 5.75 Å². The van der Waals surface area contributed by atoms with Gasteiger partial charge in [0.25, 0.3) is 5.95 Å². The van der Waals surface area contributed by atoms with Crippen molar-refractivity contribution in [2.24, 2.45) is 5.10 Å². The number of nitrogens with two attached hydrogens (primary N) is 1. The third kappa shape index (κ3) is 3.45. The molecule has 110 valence electrons. The minimum Gasteiger partial charge on any atom is -0.489 e. The molecule has 1 aromatic heterocycles. The molecule has 0 aliphatic rings. The van der Waals surface area contributed by atoms with E-state index in [-0.39, 0.29) is 5.95 Å². The van der Waals surface area contributed by atoms with Crippen LogP contribution in [0, 0.1) is 0 Å². The molecule has 1 heterocycles. The molecule has 0 amide bonds. The molecule has 7 nitrogen and oxygen atoms in total. The first-order valence-electron chi connectivity index (χ1n) is 6.66. The molecule has 2 aromatic carbocycles. The molecule has 0 aliphatic heterocycles. The number of rotatable bonds is 5. The monoisotopic (exact) mass is 294 g/mol. The quantitative estimate of drug-likeness (QED) is 0.723. The van der Waals surface area contributed by atoms with Crippen molar-refractivity contribution in [1.82, 2.24) is 20.3 Å². The second-order valence-corrected chi connectivity index (χ2v) is 4.51. The van der Waals surface area contributed by atoms with Gasteiger partial charge in [0.15, 0.2) is 0 Å². The molecule has 22 heavy (non-hydrogen) atoms. The van der Waals surface area contributed by atoms with Crippen molar-refractivity contribution in [2.75, 3.05) is 5.73 Å². The summed E-state index contributed by atoms with van der Waals surface area (Å²) in [6, 6.07) is 17.6. The number of tetrazole rings is 1. The number of ether oxygens (including phenoxy) is 1. The number of nitrogens with zero attached hydrogens (tertiary/aromatic N) is 5. The maximum absolute atomic E-state index is 5.71. The normalized spacial score (nSPS) is 10.9. The van der Waals surface area contributed by atoms with Crippen LogP contribution in [-0.2, 0) is 6.61 Å². The molecule has 0 aliphatic carbocycles. The van der Waals surface area contributed by atoms with Crippen LogP contribution >= 0.6 is 0 Å². The van der Waals surface area contributed by atoms with E-state index >= 15 is 0 Å². The van der Waals surface area contributed by atoms with Crippen molar-refractivity contribution in [1.29, 1.82) is 0 Å². The van der Waals surface area contributed by atoms with E-state index in [0.717, 1.165) is 21.7 Å². The summed E-state index contributed by atoms with van der Waals surface area (Å²) < 4.78 is 5.71. The van der Waals surface area contributed by atoms with Gasteiger partial charge in [0.05, 0.1) is 6.21 Å². The zero-order chi connectivity index (χ0) is 15.2. The highest BCUT2D eigenvalue weighted by Crippen LogP contribution is 2.13. The van der Waals surface area contributed by atoms with Crippen molar-refractivity contribution < 1.29 is 4.74 Å². The van der Waals surface area contributed by atoms with Crippen LogP contribution in [0.25, 0.3) is 0 Å². The fourth-order valence-electron chi connectivity index (χ4n) is 1.78. The van der Waals surface area contributed by atoms with Crippen molar-refractivity contribution >= 4 is 12.2 Å². The van der Waals surface area contributed by atoms with E-state index < -0.39 is 0 Å². The van der Waals surface area contributed by atoms with Gasteiger partial charge >= 0.3 is 0 Å². The molecular formula is C15H14N6O. The molecule has 0 radical (unpaired) electrons. The van der Waals surface area contributed by atoms with E-state index in [1.807, 2.05) is 54.6 Å². The van der Waals surface area contributed by atoms with Gasteiger partial charge in [-0.05, 0) is 45.8 Å². The number of benzene rings is 2. The van der Waals surface area contributed by atoms with E-state index in [1.165, 1.54) is 0 Å². The highest BCUT2D eigenvalue weighted by atomic mass is 16.5. The Hall–Kier alpha value is -3.22. The first kappa shape index (κ1) is 13.7. The SMILES string of the molecule is Nc1nnnn1N=Cc1ccc(OCc2ccccc2)cc1. The Morgan fingerprint density at radius 3 is 2.55 bits per heavy atom. The van der Waals surface area contributed by atoms with Crippen molar-refractivity contribution in [3.05, 3.63) is 65.7 Å². The Morgan fingerprint density at radius 2 is 1.86 bits per heavy atom. The van der Waals surface area contributed by atoms with Crippen molar-refractivity contribution in [3.63, 3.8) is 0 Å². The summed E-state index contributed by atoms with van der Waals surface area (Å²) in [5.41, 5.74) is 7.53. The average molecular weight is 294 g/mol. The molecule has 0 bridgehead atoms. The zero-order valence-electron chi connectivity index (χ0n) is 11.7. The second kappa shape index (κ2) is 6.49. The van der Waals surface area contributed by atoms with E-state index in [1.54, 1.807) is 6.21 Å². The third-order valence-corrected chi connectivity index (χ3v) is 2.92. The summed E-state index contributed by atoms with van der Waals surface area (Å²) in [5.74, 6) is 0.932. The Bertz CT molecular complexity index is 751. The molecule has 0 fully saturated rings. The lowest BCUT2D eigenvalue weighted by atomic mass is 10.2. The molecule has 0 saturated carbocycles. The third-order valence-electron chi connectivity index (χ3n) is 2.92. The summed E-state index contributed by atoms with van der Waals surface area (Å²) in [7, 11) is 0. The minimum atomic E-state index is 0.138. The molecule has 0 atom stereocenters. The van der Waals surface area contributed by atoms with Gasteiger partial charge in [-0.1, -0.05) is 40.2 Å². The van der Waals surface area contributed by atoms with Gasteiger partial charge in [-0.15, -0.1) is 0 Å². The number of hydrogen-bond donors (Lipinski definition) is 1. The smallest absolute Gasteiger partial charge is 0.263 e. The molecular weight excluding hydrogens is 280 g/mol. The maximum atomic E-state index is 5.71. The number of hydrogen-bond acceptors (Lipinski definition) is 6. The van der Waals surface area contributed by atoms with Crippen LogP contribution in [0.4, 0.5) is 5.95 Å². The Morgan fingerprint density at radius 1 is 1.09 bits per heavy atom. The average Bonchev–Trinajstić information content (AvgIpc) is 2.98. The summed E-state index contributed by atoms with van der Waals surface area (Å²) in [6.45, 7) is 0.537. The summed E-state index contributed by atoms with van der Waals surface area (Å²) >= 11 is 0. The molecule has 0 saturated heterocycles. The number of aromatic nitrogens is 4. The van der Waals surface area contributed by atoms with Gasteiger partial charge in [-0.3, -0.25) is 0 Å². The van der Waals surface area contributed by atoms with Crippen LogP contribution in [0.1, 0.15) is 11.1 Å². The summed E-state index contributed by atoms with van der Waals surface area (Å²) in [4.78, 5) is 1.15. The second-order valence-electron chi connectivity index (χ2n) is 4.51. The zero-order valence-corrected chi connectivity index (χ0v) is 11.7. The van der Waals surface area contributed by atoms with Gasteiger partial charge in [0, 0.05) is 0 Å². The van der Waals surface area contributed by atoms with E-state index in [2.05, 4.69) is 20.6 Å². The number of nitrogen functional groups attached to an aromatic ring is 1. The molecule has 7 heteroatoms. The number of anilines is 1. The van der Waals surface area contributed by atoms with Crippen molar-refractivity contribution in [3.8, 4) is 5.75 Å². The first-order chi connectivity index (χ1) is 10.8. The van der Waals surface area contributed by atoms with Gasteiger partial charge in [-0.25, -0.2) is 0 Å². The van der Waals surface area contributed by atoms with Gasteiger partial charge < -0.3 is 10.5 Å². The predicted octanol–water partition coefficient (Wildman–Crippen LogP) is 1.72. The van der Waals surface area contributed by atoms with E-state index in [0.29, 0.717) is 6.61 Å². The van der Waals surface area contributed by atoms with Gasteiger partial charge in [-0.2, -0.15) is 5.10 Å². The standard InChI is InChI=1S/C15H14N6O/c16-15-18-19-20-21(15)17-10-12-6-8-14(9-7-12)22-11-13-4-2-1-3-5-13/h1-10H,11H2,(H2,16,18,20). The van der Waals surface area contributed by atoms with Gasteiger partial charge in [0.2, 0.25) is 0 Å². The van der Waals surface area contributed by atoms with Crippen LogP contribution in [-0.4, -0.2) is 26.5 Å². The highest BCUT2D eigenvalue weighted by Gasteiger charge is 1.98. The van der Waals surface area contributed by atoms with Crippen LogP contribution in [0.15, 0.2) is 59.7 Å². The molecule has 0 spiro atoms. The van der Waals surface area contributed by atoms with Crippen LogP contribution in [0.3, 0.4) is 0 Å². The summed E-state index contributed by atoms with van der Waals surface area (Å²) in [5, 5.41) is 14.6. The fourth-order valence-corrected chi connectivity index (χ4v) is 1.78. The minimum absolute atomic E-state index is 0.138. The fraction of sp³-hybridized carbons (Fsp3) is 0.0667. The van der Waals surface area contributed by atoms with E-state index in [4.69, 9.17) is 10.5 Å². The van der Waals surface area contributed by atoms with Gasteiger partial charge in [0.1, 0.15) is 12.4 Å². The molecule has 2 N–H and O–H groups in total. The lowest BCUT2D eigenvalue weighted by molar-refractivity contribution is 0.306. The van der Waals surface area contributed by atoms with Crippen molar-refractivity contribution in [2.45, 2.75) is 6.61 Å². The largest absolute Gasteiger partial charge is 0.489 e. The molecule has 3 aromatic rings. The first-order valence-corrected chi connectivity index (χ1v) is 6.66. The molecule has 0 unspecified atom stereocenters. The summed E-state index contributed by atoms with van der Waals surface area (Å²) in [6.07, 6.45) is 1.62. The lowest BCUT2D eigenvalue weighted by Gasteiger charge is -2.06. The van der Waals surface area contributed by atoms with Crippen LogP contribution in [0.2, 0.25) is 0 Å².